The summed E-state index contributed by atoms with van der Waals surface area (Å²) in [6.45, 7) is 7.35. The zero-order chi connectivity index (χ0) is 21.1. The predicted molar refractivity (Wildman–Crippen MR) is 120 cm³/mol. The second kappa shape index (κ2) is 8.65. The first-order valence-corrected chi connectivity index (χ1v) is 10.7. The Morgan fingerprint density at radius 2 is 2.03 bits per heavy atom. The molecule has 0 atom stereocenters. The van der Waals surface area contributed by atoms with Crippen LogP contribution in [0.15, 0.2) is 48.8 Å². The van der Waals surface area contributed by atoms with Crippen LogP contribution in [0, 0.1) is 0 Å². The van der Waals surface area contributed by atoms with Crippen molar-refractivity contribution in [1.29, 1.82) is 0 Å². The minimum atomic E-state index is -0.0386. The van der Waals surface area contributed by atoms with Gasteiger partial charge in [0.25, 0.3) is 0 Å². The first-order chi connectivity index (χ1) is 14.6. The molecule has 2 aromatic heterocycles. The Morgan fingerprint density at radius 3 is 2.77 bits per heavy atom. The zero-order valence-electron chi connectivity index (χ0n) is 17.6. The Bertz CT molecular complexity index is 1020. The van der Waals surface area contributed by atoms with Crippen molar-refractivity contribution >= 4 is 28.4 Å². The largest absolute Gasteiger partial charge is 0.508 e. The molecule has 0 aliphatic carbocycles. The number of aromatic hydroxyl groups is 1. The minimum Gasteiger partial charge on any atom is -0.508 e. The van der Waals surface area contributed by atoms with E-state index < -0.39 is 0 Å². The van der Waals surface area contributed by atoms with E-state index in [0.717, 1.165) is 48.3 Å². The highest BCUT2D eigenvalue weighted by atomic mass is 16.3. The highest BCUT2D eigenvalue weighted by Gasteiger charge is 2.29. The fourth-order valence-corrected chi connectivity index (χ4v) is 4.34. The Balaban J connectivity index is 1.47. The summed E-state index contributed by atoms with van der Waals surface area (Å²) in [5.41, 5.74) is 1.79. The number of fused-ring (bicyclic) bond motifs is 1. The van der Waals surface area contributed by atoms with Crippen LogP contribution in [-0.4, -0.2) is 57.8 Å². The lowest BCUT2D eigenvalue weighted by molar-refractivity contribution is 0.183. The number of piperidine rings is 1. The fourth-order valence-electron chi connectivity index (χ4n) is 4.34. The number of nitrogens with one attached hydrogen (secondary N) is 1. The number of carbonyl (C=O) groups is 1. The third-order valence-electron chi connectivity index (χ3n) is 5.83. The molecule has 158 valence electrons. The predicted octanol–water partition coefficient (Wildman–Crippen LogP) is 4.13. The molecule has 0 bridgehead atoms. The van der Waals surface area contributed by atoms with Gasteiger partial charge in [-0.2, -0.15) is 0 Å². The van der Waals surface area contributed by atoms with Crippen molar-refractivity contribution in [3.63, 3.8) is 0 Å². The fraction of sp³-hybridized carbons (Fsp3) is 0.391. The van der Waals surface area contributed by atoms with Crippen LogP contribution >= 0.6 is 0 Å². The van der Waals surface area contributed by atoms with Crippen molar-refractivity contribution in [2.24, 2.45) is 0 Å². The molecule has 1 saturated heterocycles. The van der Waals surface area contributed by atoms with E-state index >= 15 is 0 Å². The van der Waals surface area contributed by atoms with Gasteiger partial charge in [0.15, 0.2) is 5.82 Å². The van der Waals surface area contributed by atoms with Gasteiger partial charge >= 0.3 is 6.03 Å². The van der Waals surface area contributed by atoms with Crippen molar-refractivity contribution in [2.75, 3.05) is 36.4 Å². The number of phenols is 1. The number of aromatic nitrogens is 2. The maximum Gasteiger partial charge on any atom is 0.328 e. The standard InChI is InChI=1S/C23H29N5O2/c1-3-24-20-6-5-12-25-22(20)27(4-2)18-10-13-26(14-11-18)23(30)28-15-9-17-7-8-19(29)16-21(17)28/h5-9,12,15-16,18,24,29H,3-4,10-11,13-14H2,1-2H3. The maximum absolute atomic E-state index is 13.1. The molecule has 7 heteroatoms. The molecule has 1 fully saturated rings. The summed E-state index contributed by atoms with van der Waals surface area (Å²) < 4.78 is 1.63. The minimum absolute atomic E-state index is 0.0386. The summed E-state index contributed by atoms with van der Waals surface area (Å²) in [5, 5.41) is 14.2. The summed E-state index contributed by atoms with van der Waals surface area (Å²) in [6, 6.07) is 11.3. The van der Waals surface area contributed by atoms with Crippen molar-refractivity contribution in [3.05, 3.63) is 48.8 Å². The molecule has 0 spiro atoms. The van der Waals surface area contributed by atoms with Crippen LogP contribution in [0.3, 0.4) is 0 Å². The molecule has 1 aliphatic rings. The number of benzene rings is 1. The van der Waals surface area contributed by atoms with Gasteiger partial charge in [-0.1, -0.05) is 0 Å². The van der Waals surface area contributed by atoms with Gasteiger partial charge in [0.05, 0.1) is 11.2 Å². The van der Waals surface area contributed by atoms with Crippen LogP contribution in [0.5, 0.6) is 5.75 Å². The van der Waals surface area contributed by atoms with E-state index in [9.17, 15) is 9.90 Å². The quantitative estimate of drug-likeness (QED) is 0.665. The molecule has 3 heterocycles. The second-order valence-electron chi connectivity index (χ2n) is 7.62. The van der Waals surface area contributed by atoms with Gasteiger partial charge < -0.3 is 20.2 Å². The Labute approximate surface area is 176 Å². The normalized spacial score (nSPS) is 14.8. The molecule has 1 aromatic carbocycles. The number of phenolic OH excluding ortho intramolecular Hbond substituents is 1. The van der Waals surface area contributed by atoms with Gasteiger partial charge in [-0.05, 0) is 57.0 Å². The van der Waals surface area contributed by atoms with Crippen molar-refractivity contribution in [1.82, 2.24) is 14.5 Å². The number of likely N-dealkylation sites (tertiary alicyclic amines) is 1. The monoisotopic (exact) mass is 407 g/mol. The van der Waals surface area contributed by atoms with Gasteiger partial charge in [0.1, 0.15) is 5.75 Å². The van der Waals surface area contributed by atoms with Crippen LogP contribution in [0.4, 0.5) is 16.3 Å². The molecule has 0 saturated carbocycles. The Morgan fingerprint density at radius 1 is 1.23 bits per heavy atom. The van der Waals surface area contributed by atoms with Gasteiger partial charge in [0, 0.05) is 56.1 Å². The van der Waals surface area contributed by atoms with E-state index in [1.165, 1.54) is 0 Å². The summed E-state index contributed by atoms with van der Waals surface area (Å²) in [5.74, 6) is 1.15. The van der Waals surface area contributed by atoms with Gasteiger partial charge in [-0.3, -0.25) is 4.57 Å². The molecule has 3 aromatic rings. The average molecular weight is 408 g/mol. The topological polar surface area (TPSA) is 73.6 Å². The molecule has 0 unspecified atom stereocenters. The summed E-state index contributed by atoms with van der Waals surface area (Å²) in [7, 11) is 0. The molecule has 0 radical (unpaired) electrons. The van der Waals surface area contributed by atoms with Crippen molar-refractivity contribution in [2.45, 2.75) is 32.7 Å². The van der Waals surface area contributed by atoms with Gasteiger partial charge in [-0.25, -0.2) is 9.78 Å². The number of amides is 1. The van der Waals surface area contributed by atoms with Crippen LogP contribution in [0.2, 0.25) is 0 Å². The lowest BCUT2D eigenvalue weighted by Crippen LogP contribution is -2.48. The molecule has 4 rings (SSSR count). The SMILES string of the molecule is CCNc1cccnc1N(CC)C1CCN(C(=O)n2ccc3ccc(O)cc32)CC1. The molecule has 1 aliphatic heterocycles. The van der Waals surface area contributed by atoms with Gasteiger partial charge in [-0.15, -0.1) is 0 Å². The van der Waals surface area contributed by atoms with Crippen LogP contribution in [-0.2, 0) is 0 Å². The van der Waals surface area contributed by atoms with E-state index in [-0.39, 0.29) is 11.8 Å². The molecule has 1 amide bonds. The molecule has 30 heavy (non-hydrogen) atoms. The third kappa shape index (κ3) is 3.79. The number of anilines is 2. The van der Waals surface area contributed by atoms with Gasteiger partial charge in [0.2, 0.25) is 0 Å². The summed E-state index contributed by atoms with van der Waals surface area (Å²) in [4.78, 5) is 22.0. The number of nitrogens with zero attached hydrogens (tertiary/aromatic N) is 4. The smallest absolute Gasteiger partial charge is 0.328 e. The van der Waals surface area contributed by atoms with Crippen molar-refractivity contribution < 1.29 is 9.90 Å². The number of pyridine rings is 1. The molecule has 2 N–H and O–H groups in total. The van der Waals surface area contributed by atoms with E-state index in [2.05, 4.69) is 35.1 Å². The first-order valence-electron chi connectivity index (χ1n) is 10.7. The lowest BCUT2D eigenvalue weighted by atomic mass is 10.0. The number of hydrogen-bond donors (Lipinski definition) is 2. The Kier molecular flexibility index (Phi) is 5.79. The summed E-state index contributed by atoms with van der Waals surface area (Å²) >= 11 is 0. The van der Waals surface area contributed by atoms with Crippen LogP contribution in [0.1, 0.15) is 26.7 Å². The summed E-state index contributed by atoms with van der Waals surface area (Å²) in [6.07, 6.45) is 5.41. The van der Waals surface area contributed by atoms with Crippen LogP contribution < -0.4 is 10.2 Å². The Hall–Kier alpha value is -3.22. The zero-order valence-corrected chi connectivity index (χ0v) is 17.6. The third-order valence-corrected chi connectivity index (χ3v) is 5.83. The molecular weight excluding hydrogens is 378 g/mol. The van der Waals surface area contributed by atoms with Crippen LogP contribution in [0.25, 0.3) is 10.9 Å². The second-order valence-corrected chi connectivity index (χ2v) is 7.62. The van der Waals surface area contributed by atoms with E-state index in [4.69, 9.17) is 0 Å². The number of hydrogen-bond acceptors (Lipinski definition) is 5. The molecular formula is C23H29N5O2. The average Bonchev–Trinajstić information content (AvgIpc) is 3.18. The molecule has 7 nitrogen and oxygen atoms in total. The van der Waals surface area contributed by atoms with E-state index in [0.29, 0.717) is 19.1 Å². The highest BCUT2D eigenvalue weighted by molar-refractivity contribution is 5.92. The first kappa shape index (κ1) is 20.1. The van der Waals surface area contributed by atoms with Crippen molar-refractivity contribution in [3.8, 4) is 5.75 Å². The lowest BCUT2D eigenvalue weighted by Gasteiger charge is -2.39. The van der Waals surface area contributed by atoms with E-state index in [1.807, 2.05) is 29.3 Å². The highest BCUT2D eigenvalue weighted by Crippen LogP contribution is 2.29. The number of rotatable bonds is 5. The maximum atomic E-state index is 13.1. The number of carbonyl (C=O) groups excluding carboxylic acids is 1. The van der Waals surface area contributed by atoms with E-state index in [1.54, 1.807) is 22.9 Å².